The molecule has 2 N–H and O–H groups in total. The number of nitrogens with two attached hydrogens (primary N) is 1. The average molecular weight is 269 g/mol. The standard InChI is InChI=1S/C14H14F3NO/c1-8-3-4-10(7-11(8)14(15,16)17)13-6-5-12(19-13)9(2)18/h3-7,9H,18H2,1-2H3. The number of alkyl halides is 3. The molecule has 0 spiro atoms. The first kappa shape index (κ1) is 13.7. The Bertz CT molecular complexity index is 585. The van der Waals surface area contributed by atoms with E-state index in [1.54, 1.807) is 25.1 Å². The molecular formula is C14H14F3NO. The summed E-state index contributed by atoms with van der Waals surface area (Å²) >= 11 is 0. The normalized spacial score (nSPS) is 13.6. The van der Waals surface area contributed by atoms with E-state index in [1.165, 1.54) is 13.0 Å². The summed E-state index contributed by atoms with van der Waals surface area (Å²) in [5.41, 5.74) is 5.59. The lowest BCUT2D eigenvalue weighted by Gasteiger charge is -2.11. The number of halogens is 3. The molecule has 19 heavy (non-hydrogen) atoms. The second kappa shape index (κ2) is 4.74. The molecule has 0 fully saturated rings. The zero-order valence-corrected chi connectivity index (χ0v) is 10.6. The molecule has 0 aliphatic rings. The van der Waals surface area contributed by atoms with Gasteiger partial charge in [0, 0.05) is 5.56 Å². The van der Waals surface area contributed by atoms with Gasteiger partial charge in [0.15, 0.2) is 0 Å². The van der Waals surface area contributed by atoms with Gasteiger partial charge < -0.3 is 10.2 Å². The van der Waals surface area contributed by atoms with Crippen LogP contribution in [-0.2, 0) is 6.18 Å². The molecule has 1 heterocycles. The van der Waals surface area contributed by atoms with Crippen LogP contribution in [0.1, 0.15) is 29.9 Å². The minimum Gasteiger partial charge on any atom is -0.459 e. The van der Waals surface area contributed by atoms with Crippen LogP contribution in [0.4, 0.5) is 13.2 Å². The van der Waals surface area contributed by atoms with Gasteiger partial charge in [-0.05, 0) is 37.6 Å². The van der Waals surface area contributed by atoms with Gasteiger partial charge in [0.05, 0.1) is 11.6 Å². The molecule has 2 nitrogen and oxygen atoms in total. The highest BCUT2D eigenvalue weighted by atomic mass is 19.4. The molecule has 0 saturated heterocycles. The van der Waals surface area contributed by atoms with Crippen molar-refractivity contribution >= 4 is 0 Å². The van der Waals surface area contributed by atoms with Crippen LogP contribution >= 0.6 is 0 Å². The van der Waals surface area contributed by atoms with Crippen LogP contribution in [0, 0.1) is 6.92 Å². The zero-order valence-electron chi connectivity index (χ0n) is 10.6. The first-order valence-corrected chi connectivity index (χ1v) is 5.82. The number of furan rings is 1. The maximum atomic E-state index is 12.8. The van der Waals surface area contributed by atoms with Crippen molar-refractivity contribution in [1.82, 2.24) is 0 Å². The molecule has 5 heteroatoms. The predicted octanol–water partition coefficient (Wildman–Crippen LogP) is 4.29. The third kappa shape index (κ3) is 2.81. The smallest absolute Gasteiger partial charge is 0.416 e. The van der Waals surface area contributed by atoms with E-state index in [2.05, 4.69) is 0 Å². The highest BCUT2D eigenvalue weighted by Crippen LogP contribution is 2.35. The van der Waals surface area contributed by atoms with Crippen LogP contribution in [0.15, 0.2) is 34.7 Å². The third-order valence-electron chi connectivity index (χ3n) is 2.90. The van der Waals surface area contributed by atoms with Gasteiger partial charge in [-0.1, -0.05) is 12.1 Å². The van der Waals surface area contributed by atoms with Crippen molar-refractivity contribution in [3.63, 3.8) is 0 Å². The number of hydrogen-bond donors (Lipinski definition) is 1. The Morgan fingerprint density at radius 2 is 1.84 bits per heavy atom. The highest BCUT2D eigenvalue weighted by molar-refractivity contribution is 5.60. The Hall–Kier alpha value is -1.75. The number of hydrogen-bond acceptors (Lipinski definition) is 2. The van der Waals surface area contributed by atoms with E-state index in [0.717, 1.165) is 6.07 Å². The van der Waals surface area contributed by atoms with Crippen molar-refractivity contribution in [2.75, 3.05) is 0 Å². The van der Waals surface area contributed by atoms with E-state index in [4.69, 9.17) is 10.2 Å². The van der Waals surface area contributed by atoms with Crippen LogP contribution in [0.2, 0.25) is 0 Å². The SMILES string of the molecule is Cc1ccc(-c2ccc(C(C)N)o2)cc1C(F)(F)F. The molecule has 2 aromatic rings. The molecule has 0 aliphatic heterocycles. The average Bonchev–Trinajstić information content (AvgIpc) is 2.77. The summed E-state index contributed by atoms with van der Waals surface area (Å²) in [6.07, 6.45) is -4.36. The molecule has 0 aliphatic carbocycles. The van der Waals surface area contributed by atoms with Gasteiger partial charge in [-0.2, -0.15) is 13.2 Å². The summed E-state index contributed by atoms with van der Waals surface area (Å²) in [6, 6.07) is 7.15. The molecular weight excluding hydrogens is 255 g/mol. The molecule has 0 bridgehead atoms. The molecule has 102 valence electrons. The van der Waals surface area contributed by atoms with Gasteiger partial charge in [0.25, 0.3) is 0 Å². The van der Waals surface area contributed by atoms with Crippen molar-refractivity contribution < 1.29 is 17.6 Å². The predicted molar refractivity (Wildman–Crippen MR) is 66.5 cm³/mol. The van der Waals surface area contributed by atoms with Crippen LogP contribution in [-0.4, -0.2) is 0 Å². The van der Waals surface area contributed by atoms with E-state index in [9.17, 15) is 13.2 Å². The number of aryl methyl sites for hydroxylation is 1. The second-order valence-electron chi connectivity index (χ2n) is 4.52. The van der Waals surface area contributed by atoms with Gasteiger partial charge in [0.2, 0.25) is 0 Å². The monoisotopic (exact) mass is 269 g/mol. The third-order valence-corrected chi connectivity index (χ3v) is 2.90. The van der Waals surface area contributed by atoms with Crippen molar-refractivity contribution in [2.24, 2.45) is 5.73 Å². The van der Waals surface area contributed by atoms with Crippen LogP contribution in [0.25, 0.3) is 11.3 Å². The van der Waals surface area contributed by atoms with Gasteiger partial charge in [0.1, 0.15) is 11.5 Å². The Morgan fingerprint density at radius 3 is 2.37 bits per heavy atom. The molecule has 1 aromatic carbocycles. The second-order valence-corrected chi connectivity index (χ2v) is 4.52. The molecule has 1 unspecified atom stereocenters. The Kier molecular flexibility index (Phi) is 3.41. The van der Waals surface area contributed by atoms with E-state index in [0.29, 0.717) is 17.1 Å². The minimum atomic E-state index is -4.36. The first-order valence-electron chi connectivity index (χ1n) is 5.82. The molecule has 1 atom stereocenters. The van der Waals surface area contributed by atoms with Gasteiger partial charge in [-0.15, -0.1) is 0 Å². The number of benzene rings is 1. The Morgan fingerprint density at radius 1 is 1.16 bits per heavy atom. The Balaban J connectivity index is 2.45. The quantitative estimate of drug-likeness (QED) is 0.883. The molecule has 2 rings (SSSR count). The summed E-state index contributed by atoms with van der Waals surface area (Å²) < 4.78 is 43.9. The fraction of sp³-hybridized carbons (Fsp3) is 0.286. The maximum Gasteiger partial charge on any atom is 0.416 e. The van der Waals surface area contributed by atoms with E-state index >= 15 is 0 Å². The lowest BCUT2D eigenvalue weighted by Crippen LogP contribution is -2.07. The van der Waals surface area contributed by atoms with Crippen LogP contribution in [0.5, 0.6) is 0 Å². The van der Waals surface area contributed by atoms with E-state index < -0.39 is 11.7 Å². The lowest BCUT2D eigenvalue weighted by molar-refractivity contribution is -0.138. The van der Waals surface area contributed by atoms with Gasteiger partial charge >= 0.3 is 6.18 Å². The lowest BCUT2D eigenvalue weighted by atomic mass is 10.0. The minimum absolute atomic E-state index is 0.190. The fourth-order valence-electron chi connectivity index (χ4n) is 1.83. The Labute approximate surface area is 109 Å². The van der Waals surface area contributed by atoms with Crippen molar-refractivity contribution in [3.8, 4) is 11.3 Å². The largest absolute Gasteiger partial charge is 0.459 e. The highest BCUT2D eigenvalue weighted by Gasteiger charge is 2.32. The molecule has 1 aromatic heterocycles. The van der Waals surface area contributed by atoms with Crippen molar-refractivity contribution in [3.05, 3.63) is 47.2 Å². The fourth-order valence-corrected chi connectivity index (χ4v) is 1.83. The van der Waals surface area contributed by atoms with Gasteiger partial charge in [-0.25, -0.2) is 0 Å². The summed E-state index contributed by atoms with van der Waals surface area (Å²) in [5, 5.41) is 0. The zero-order chi connectivity index (χ0) is 14.2. The number of rotatable bonds is 2. The molecule has 0 radical (unpaired) electrons. The van der Waals surface area contributed by atoms with Crippen LogP contribution < -0.4 is 5.73 Å². The maximum absolute atomic E-state index is 12.8. The summed E-state index contributed by atoms with van der Waals surface area (Å²) in [7, 11) is 0. The molecule has 0 saturated carbocycles. The van der Waals surface area contributed by atoms with Crippen molar-refractivity contribution in [1.29, 1.82) is 0 Å². The van der Waals surface area contributed by atoms with Crippen molar-refractivity contribution in [2.45, 2.75) is 26.1 Å². The van der Waals surface area contributed by atoms with Crippen LogP contribution in [0.3, 0.4) is 0 Å². The van der Waals surface area contributed by atoms with E-state index in [1.807, 2.05) is 0 Å². The first-order chi connectivity index (χ1) is 8.79. The van der Waals surface area contributed by atoms with E-state index in [-0.39, 0.29) is 11.6 Å². The molecule has 0 amide bonds. The summed E-state index contributed by atoms with van der Waals surface area (Å²) in [6.45, 7) is 3.18. The van der Waals surface area contributed by atoms with Gasteiger partial charge in [-0.3, -0.25) is 0 Å². The summed E-state index contributed by atoms with van der Waals surface area (Å²) in [5.74, 6) is 0.932. The summed E-state index contributed by atoms with van der Waals surface area (Å²) in [4.78, 5) is 0. The topological polar surface area (TPSA) is 39.2 Å².